The predicted octanol–water partition coefficient (Wildman–Crippen LogP) is 1.03. The van der Waals surface area contributed by atoms with Gasteiger partial charge in [-0.1, -0.05) is 13.8 Å². The molecule has 1 fully saturated rings. The van der Waals surface area contributed by atoms with Crippen LogP contribution in [0.15, 0.2) is 0 Å². The third-order valence-corrected chi connectivity index (χ3v) is 3.53. The molecule has 0 bridgehead atoms. The van der Waals surface area contributed by atoms with Gasteiger partial charge in [-0.3, -0.25) is 0 Å². The van der Waals surface area contributed by atoms with Gasteiger partial charge in [-0.05, 0) is 38.4 Å². The van der Waals surface area contributed by atoms with Crippen molar-refractivity contribution in [2.75, 3.05) is 45.9 Å². The summed E-state index contributed by atoms with van der Waals surface area (Å²) in [6, 6.07) is 0. The summed E-state index contributed by atoms with van der Waals surface area (Å²) < 4.78 is 0. The van der Waals surface area contributed by atoms with Crippen molar-refractivity contribution in [3.05, 3.63) is 0 Å². The molecule has 0 saturated carbocycles. The molecule has 0 radical (unpaired) electrons. The van der Waals surface area contributed by atoms with E-state index in [4.69, 9.17) is 5.11 Å². The molecule has 1 saturated heterocycles. The van der Waals surface area contributed by atoms with Crippen LogP contribution in [0.4, 0.5) is 0 Å². The van der Waals surface area contributed by atoms with Gasteiger partial charge < -0.3 is 14.9 Å². The molecule has 1 heterocycles. The van der Waals surface area contributed by atoms with Crippen LogP contribution in [0.2, 0.25) is 0 Å². The summed E-state index contributed by atoms with van der Waals surface area (Å²) >= 11 is 0. The molecule has 1 unspecified atom stereocenters. The zero-order valence-corrected chi connectivity index (χ0v) is 10.3. The summed E-state index contributed by atoms with van der Waals surface area (Å²) in [5.74, 6) is 0.742. The van der Waals surface area contributed by atoms with E-state index < -0.39 is 0 Å². The molecule has 3 heteroatoms. The van der Waals surface area contributed by atoms with Crippen molar-refractivity contribution in [2.24, 2.45) is 5.92 Å². The smallest absolute Gasteiger partial charge is 0.0434 e. The fraction of sp³-hybridized carbons (Fsp3) is 1.00. The van der Waals surface area contributed by atoms with Gasteiger partial charge in [0.25, 0.3) is 0 Å². The van der Waals surface area contributed by atoms with E-state index in [1.165, 1.54) is 32.6 Å². The van der Waals surface area contributed by atoms with Crippen molar-refractivity contribution in [1.29, 1.82) is 0 Å². The number of hydrogen-bond donors (Lipinski definition) is 1. The second-order valence-corrected chi connectivity index (χ2v) is 4.49. The Balaban J connectivity index is 2.13. The quantitative estimate of drug-likeness (QED) is 0.686. The number of rotatable bonds is 7. The Kier molecular flexibility index (Phi) is 6.22. The second kappa shape index (κ2) is 7.20. The first-order valence-electron chi connectivity index (χ1n) is 6.35. The number of hydrogen-bond acceptors (Lipinski definition) is 3. The molecule has 1 aliphatic rings. The lowest BCUT2D eigenvalue weighted by Gasteiger charge is -2.22. The molecule has 0 aromatic rings. The minimum Gasteiger partial charge on any atom is -0.396 e. The fourth-order valence-electron chi connectivity index (χ4n) is 2.36. The van der Waals surface area contributed by atoms with Gasteiger partial charge in [0.05, 0.1) is 0 Å². The highest BCUT2D eigenvalue weighted by atomic mass is 16.3. The number of aliphatic hydroxyl groups is 1. The molecule has 1 N–H and O–H groups in total. The lowest BCUT2D eigenvalue weighted by atomic mass is 10.1. The predicted molar refractivity (Wildman–Crippen MR) is 64.0 cm³/mol. The van der Waals surface area contributed by atoms with Crippen molar-refractivity contribution in [3.8, 4) is 0 Å². The Bertz CT molecular complexity index is 160. The lowest BCUT2D eigenvalue weighted by molar-refractivity contribution is 0.226. The molecule has 1 atom stereocenters. The molecule has 90 valence electrons. The highest BCUT2D eigenvalue weighted by Crippen LogP contribution is 2.18. The van der Waals surface area contributed by atoms with E-state index in [-0.39, 0.29) is 0 Å². The molecular weight excluding hydrogens is 188 g/mol. The molecular formula is C12H26N2O. The van der Waals surface area contributed by atoms with Crippen LogP contribution in [0.3, 0.4) is 0 Å². The first-order valence-corrected chi connectivity index (χ1v) is 6.35. The maximum atomic E-state index is 8.88. The van der Waals surface area contributed by atoms with Gasteiger partial charge in [-0.15, -0.1) is 0 Å². The van der Waals surface area contributed by atoms with E-state index >= 15 is 0 Å². The Morgan fingerprint density at radius 3 is 2.67 bits per heavy atom. The average molecular weight is 214 g/mol. The van der Waals surface area contributed by atoms with Crippen molar-refractivity contribution in [3.63, 3.8) is 0 Å². The summed E-state index contributed by atoms with van der Waals surface area (Å²) in [5.41, 5.74) is 0. The standard InChI is InChI=1S/C12H26N2O/c1-3-13(4-2)8-9-14-7-5-12(11-14)6-10-15/h12,15H,3-11H2,1-2H3. The third kappa shape index (κ3) is 4.49. The maximum Gasteiger partial charge on any atom is 0.0434 e. The summed E-state index contributed by atoms with van der Waals surface area (Å²) in [7, 11) is 0. The van der Waals surface area contributed by atoms with Gasteiger partial charge in [0.1, 0.15) is 0 Å². The summed E-state index contributed by atoms with van der Waals surface area (Å²) in [5, 5.41) is 8.88. The molecule has 0 aliphatic carbocycles. The first kappa shape index (κ1) is 12.9. The largest absolute Gasteiger partial charge is 0.396 e. The molecule has 1 aliphatic heterocycles. The molecule has 0 aromatic heterocycles. The molecule has 1 rings (SSSR count). The molecule has 0 spiro atoms. The summed E-state index contributed by atoms with van der Waals surface area (Å²) in [6.07, 6.45) is 2.26. The minimum atomic E-state index is 0.356. The first-order chi connectivity index (χ1) is 7.30. The highest BCUT2D eigenvalue weighted by molar-refractivity contribution is 4.75. The third-order valence-electron chi connectivity index (χ3n) is 3.53. The van der Waals surface area contributed by atoms with Crippen molar-refractivity contribution < 1.29 is 5.11 Å². The van der Waals surface area contributed by atoms with Gasteiger partial charge in [0, 0.05) is 26.2 Å². The Labute approximate surface area is 94.1 Å². The van der Waals surface area contributed by atoms with Crippen molar-refractivity contribution >= 4 is 0 Å². The minimum absolute atomic E-state index is 0.356. The zero-order valence-electron chi connectivity index (χ0n) is 10.3. The molecule has 3 nitrogen and oxygen atoms in total. The topological polar surface area (TPSA) is 26.7 Å². The van der Waals surface area contributed by atoms with Gasteiger partial charge >= 0.3 is 0 Å². The van der Waals surface area contributed by atoms with Gasteiger partial charge in [-0.25, -0.2) is 0 Å². The van der Waals surface area contributed by atoms with Crippen molar-refractivity contribution in [2.45, 2.75) is 26.7 Å². The van der Waals surface area contributed by atoms with E-state index in [1.807, 2.05) is 0 Å². The van der Waals surface area contributed by atoms with Crippen LogP contribution in [0.25, 0.3) is 0 Å². The lowest BCUT2D eigenvalue weighted by Crippen LogP contribution is -2.34. The maximum absolute atomic E-state index is 8.88. The Hall–Kier alpha value is -0.120. The highest BCUT2D eigenvalue weighted by Gasteiger charge is 2.21. The number of nitrogens with zero attached hydrogens (tertiary/aromatic N) is 2. The zero-order chi connectivity index (χ0) is 11.1. The van der Waals surface area contributed by atoms with Crippen LogP contribution in [0.1, 0.15) is 26.7 Å². The van der Waals surface area contributed by atoms with Crippen LogP contribution in [-0.4, -0.2) is 60.8 Å². The van der Waals surface area contributed by atoms with E-state index in [0.717, 1.165) is 25.4 Å². The summed E-state index contributed by atoms with van der Waals surface area (Å²) in [4.78, 5) is 5.01. The van der Waals surface area contributed by atoms with Gasteiger partial charge in [0.15, 0.2) is 0 Å². The number of likely N-dealkylation sites (N-methyl/N-ethyl adjacent to an activating group) is 1. The normalized spacial score (nSPS) is 22.8. The van der Waals surface area contributed by atoms with Crippen LogP contribution in [0.5, 0.6) is 0 Å². The van der Waals surface area contributed by atoms with E-state index in [0.29, 0.717) is 6.61 Å². The molecule has 0 aromatic carbocycles. The number of likely N-dealkylation sites (tertiary alicyclic amines) is 1. The number of aliphatic hydroxyl groups excluding tert-OH is 1. The van der Waals surface area contributed by atoms with Crippen LogP contribution < -0.4 is 0 Å². The molecule has 0 amide bonds. The van der Waals surface area contributed by atoms with Crippen molar-refractivity contribution in [1.82, 2.24) is 9.80 Å². The van der Waals surface area contributed by atoms with Crippen LogP contribution >= 0.6 is 0 Å². The Morgan fingerprint density at radius 2 is 2.07 bits per heavy atom. The SMILES string of the molecule is CCN(CC)CCN1CCC(CCO)C1. The fourth-order valence-corrected chi connectivity index (χ4v) is 2.36. The molecule has 15 heavy (non-hydrogen) atoms. The van der Waals surface area contributed by atoms with E-state index in [2.05, 4.69) is 23.6 Å². The average Bonchev–Trinajstić information content (AvgIpc) is 2.68. The van der Waals surface area contributed by atoms with Crippen LogP contribution in [-0.2, 0) is 0 Å². The monoisotopic (exact) mass is 214 g/mol. The second-order valence-electron chi connectivity index (χ2n) is 4.49. The van der Waals surface area contributed by atoms with Gasteiger partial charge in [0.2, 0.25) is 0 Å². The van der Waals surface area contributed by atoms with E-state index in [1.54, 1.807) is 0 Å². The van der Waals surface area contributed by atoms with Crippen LogP contribution in [0, 0.1) is 5.92 Å². The summed E-state index contributed by atoms with van der Waals surface area (Å²) in [6.45, 7) is 11.9. The Morgan fingerprint density at radius 1 is 1.33 bits per heavy atom. The van der Waals surface area contributed by atoms with Gasteiger partial charge in [-0.2, -0.15) is 0 Å². The van der Waals surface area contributed by atoms with E-state index in [9.17, 15) is 0 Å².